The number of aliphatic hydroxyl groups excluding tert-OH is 1. The first-order valence-electron chi connectivity index (χ1n) is 4.67. The van der Waals surface area contributed by atoms with E-state index in [1.54, 1.807) is 12.1 Å². The van der Waals surface area contributed by atoms with E-state index in [1.165, 1.54) is 0 Å². The second-order valence-corrected chi connectivity index (χ2v) is 3.34. The molecular formula is C11H10N2O2. The van der Waals surface area contributed by atoms with Gasteiger partial charge in [-0.05, 0) is 12.1 Å². The average molecular weight is 202 g/mol. The highest BCUT2D eigenvalue weighted by Gasteiger charge is 2.21. The standard InChI is InChI=1S/C11H10N2O2/c12-6-8-2-1-3-9(4-8)11-5-10(7-14)15-13-11/h1-4,10,14H,5,7H2. The summed E-state index contributed by atoms with van der Waals surface area (Å²) < 4.78 is 0. The van der Waals surface area contributed by atoms with Crippen LogP contribution in [0.5, 0.6) is 0 Å². The Morgan fingerprint density at radius 1 is 1.60 bits per heavy atom. The molecule has 15 heavy (non-hydrogen) atoms. The summed E-state index contributed by atoms with van der Waals surface area (Å²) in [6, 6.07) is 9.26. The quantitative estimate of drug-likeness (QED) is 0.779. The Hall–Kier alpha value is -1.86. The molecule has 4 nitrogen and oxygen atoms in total. The van der Waals surface area contributed by atoms with Crippen LogP contribution in [-0.4, -0.2) is 23.5 Å². The van der Waals surface area contributed by atoms with Gasteiger partial charge in [-0.25, -0.2) is 0 Å². The Kier molecular flexibility index (Phi) is 2.66. The fraction of sp³-hybridized carbons (Fsp3) is 0.273. The Labute approximate surface area is 87.4 Å². The van der Waals surface area contributed by atoms with Gasteiger partial charge in [-0.15, -0.1) is 0 Å². The van der Waals surface area contributed by atoms with Gasteiger partial charge in [0.2, 0.25) is 0 Å². The summed E-state index contributed by atoms with van der Waals surface area (Å²) in [5.41, 5.74) is 2.26. The molecule has 1 atom stereocenters. The fourth-order valence-electron chi connectivity index (χ4n) is 1.47. The number of hydrogen-bond acceptors (Lipinski definition) is 4. The molecule has 0 amide bonds. The third-order valence-electron chi connectivity index (χ3n) is 2.26. The highest BCUT2D eigenvalue weighted by molar-refractivity contribution is 6.01. The van der Waals surface area contributed by atoms with Crippen molar-refractivity contribution in [1.29, 1.82) is 5.26 Å². The Morgan fingerprint density at radius 2 is 2.47 bits per heavy atom. The lowest BCUT2D eigenvalue weighted by Gasteiger charge is -2.01. The summed E-state index contributed by atoms with van der Waals surface area (Å²) in [5.74, 6) is 0. The van der Waals surface area contributed by atoms with Crippen LogP contribution in [0.15, 0.2) is 29.4 Å². The van der Waals surface area contributed by atoms with Crippen molar-refractivity contribution in [3.63, 3.8) is 0 Å². The number of rotatable bonds is 2. The molecule has 0 saturated heterocycles. The van der Waals surface area contributed by atoms with Crippen molar-refractivity contribution in [1.82, 2.24) is 0 Å². The first-order valence-corrected chi connectivity index (χ1v) is 4.67. The maximum Gasteiger partial charge on any atom is 0.156 e. The van der Waals surface area contributed by atoms with Crippen LogP contribution in [0, 0.1) is 11.3 Å². The van der Waals surface area contributed by atoms with Crippen LogP contribution >= 0.6 is 0 Å². The average Bonchev–Trinajstić information content (AvgIpc) is 2.78. The fourth-order valence-corrected chi connectivity index (χ4v) is 1.47. The van der Waals surface area contributed by atoms with E-state index in [-0.39, 0.29) is 12.7 Å². The zero-order valence-corrected chi connectivity index (χ0v) is 8.05. The highest BCUT2D eigenvalue weighted by Crippen LogP contribution is 2.16. The summed E-state index contributed by atoms with van der Waals surface area (Å²) in [7, 11) is 0. The van der Waals surface area contributed by atoms with Crippen LogP contribution in [0.1, 0.15) is 17.5 Å². The largest absolute Gasteiger partial charge is 0.392 e. The molecule has 4 heteroatoms. The van der Waals surface area contributed by atoms with E-state index in [1.807, 2.05) is 12.1 Å². The van der Waals surface area contributed by atoms with Crippen molar-refractivity contribution in [2.24, 2.45) is 5.16 Å². The lowest BCUT2D eigenvalue weighted by Crippen LogP contribution is -2.12. The molecule has 1 aromatic rings. The van der Waals surface area contributed by atoms with E-state index in [2.05, 4.69) is 11.2 Å². The second kappa shape index (κ2) is 4.11. The second-order valence-electron chi connectivity index (χ2n) is 3.34. The summed E-state index contributed by atoms with van der Waals surface area (Å²) in [5, 5.41) is 21.5. The summed E-state index contributed by atoms with van der Waals surface area (Å²) in [4.78, 5) is 5.00. The van der Waals surface area contributed by atoms with Gasteiger partial charge in [-0.3, -0.25) is 0 Å². The van der Waals surface area contributed by atoms with Gasteiger partial charge in [0.15, 0.2) is 6.10 Å². The molecule has 0 radical (unpaired) electrons. The van der Waals surface area contributed by atoms with Crippen molar-refractivity contribution < 1.29 is 9.94 Å². The third-order valence-corrected chi connectivity index (χ3v) is 2.26. The Bertz CT molecular complexity index is 434. The van der Waals surface area contributed by atoms with Crippen molar-refractivity contribution in [3.05, 3.63) is 35.4 Å². The molecule has 0 fully saturated rings. The van der Waals surface area contributed by atoms with Gasteiger partial charge in [-0.1, -0.05) is 17.3 Å². The SMILES string of the molecule is N#Cc1cccc(C2=NOC(CO)C2)c1. The number of nitrogens with zero attached hydrogens (tertiary/aromatic N) is 2. The van der Waals surface area contributed by atoms with Crippen molar-refractivity contribution in [2.45, 2.75) is 12.5 Å². The minimum atomic E-state index is -0.245. The zero-order chi connectivity index (χ0) is 10.7. The summed E-state index contributed by atoms with van der Waals surface area (Å²) >= 11 is 0. The van der Waals surface area contributed by atoms with E-state index in [0.29, 0.717) is 12.0 Å². The minimum Gasteiger partial charge on any atom is -0.392 e. The van der Waals surface area contributed by atoms with Gasteiger partial charge in [0.05, 0.1) is 24.0 Å². The van der Waals surface area contributed by atoms with Crippen LogP contribution in [0.3, 0.4) is 0 Å². The summed E-state index contributed by atoms with van der Waals surface area (Å²) in [6.07, 6.45) is 0.344. The van der Waals surface area contributed by atoms with E-state index in [0.717, 1.165) is 11.3 Å². The molecule has 0 saturated carbocycles. The number of oxime groups is 1. The predicted molar refractivity (Wildman–Crippen MR) is 54.3 cm³/mol. The number of nitriles is 1. The lowest BCUT2D eigenvalue weighted by molar-refractivity contribution is 0.0390. The smallest absolute Gasteiger partial charge is 0.156 e. The van der Waals surface area contributed by atoms with Crippen molar-refractivity contribution in [2.75, 3.05) is 6.61 Å². The molecule has 1 aromatic carbocycles. The van der Waals surface area contributed by atoms with Gasteiger partial charge in [0.1, 0.15) is 0 Å². The number of aliphatic hydroxyl groups is 1. The maximum atomic E-state index is 8.88. The van der Waals surface area contributed by atoms with Gasteiger partial charge >= 0.3 is 0 Å². The number of hydrogen-bond donors (Lipinski definition) is 1. The van der Waals surface area contributed by atoms with Crippen LogP contribution < -0.4 is 0 Å². The predicted octanol–water partition coefficient (Wildman–Crippen LogP) is 1.04. The van der Waals surface area contributed by atoms with E-state index in [4.69, 9.17) is 15.2 Å². The van der Waals surface area contributed by atoms with Crippen LogP contribution in [0.2, 0.25) is 0 Å². The van der Waals surface area contributed by atoms with Crippen LogP contribution in [0.25, 0.3) is 0 Å². The zero-order valence-electron chi connectivity index (χ0n) is 8.05. The van der Waals surface area contributed by atoms with E-state index in [9.17, 15) is 0 Å². The van der Waals surface area contributed by atoms with Gasteiger partial charge < -0.3 is 9.94 Å². The van der Waals surface area contributed by atoms with Crippen molar-refractivity contribution >= 4 is 5.71 Å². The highest BCUT2D eigenvalue weighted by atomic mass is 16.6. The first kappa shape index (κ1) is 9.69. The molecule has 0 bridgehead atoms. The molecule has 1 aliphatic rings. The molecular weight excluding hydrogens is 192 g/mol. The normalized spacial score (nSPS) is 19.2. The lowest BCUT2D eigenvalue weighted by atomic mass is 10.0. The topological polar surface area (TPSA) is 65.6 Å². The summed E-state index contributed by atoms with van der Waals surface area (Å²) in [6.45, 7) is -0.0368. The Balaban J connectivity index is 2.21. The Morgan fingerprint density at radius 3 is 3.13 bits per heavy atom. The van der Waals surface area contributed by atoms with E-state index < -0.39 is 0 Å². The van der Waals surface area contributed by atoms with Gasteiger partial charge in [0.25, 0.3) is 0 Å². The molecule has 1 aliphatic heterocycles. The van der Waals surface area contributed by atoms with E-state index >= 15 is 0 Å². The van der Waals surface area contributed by atoms with Gasteiger partial charge in [0, 0.05) is 12.0 Å². The molecule has 2 rings (SSSR count). The molecule has 0 aliphatic carbocycles. The molecule has 76 valence electrons. The minimum absolute atomic E-state index is 0.0368. The van der Waals surface area contributed by atoms with Crippen LogP contribution in [-0.2, 0) is 4.84 Å². The van der Waals surface area contributed by atoms with Crippen molar-refractivity contribution in [3.8, 4) is 6.07 Å². The first-order chi connectivity index (χ1) is 7.33. The molecule has 1 heterocycles. The molecule has 0 aromatic heterocycles. The molecule has 0 spiro atoms. The third kappa shape index (κ3) is 1.97. The monoisotopic (exact) mass is 202 g/mol. The molecule has 1 unspecified atom stereocenters. The van der Waals surface area contributed by atoms with Gasteiger partial charge in [-0.2, -0.15) is 5.26 Å². The molecule has 1 N–H and O–H groups in total. The maximum absolute atomic E-state index is 8.88. The van der Waals surface area contributed by atoms with Crippen LogP contribution in [0.4, 0.5) is 0 Å². The number of benzene rings is 1.